The first kappa shape index (κ1) is 13.3. The van der Waals surface area contributed by atoms with Crippen molar-refractivity contribution in [2.75, 3.05) is 6.54 Å². The summed E-state index contributed by atoms with van der Waals surface area (Å²) in [5.74, 6) is 0.785. The smallest absolute Gasteiger partial charge is 0.251 e. The molecule has 0 fully saturated rings. The number of aryl methyl sites for hydroxylation is 3. The van der Waals surface area contributed by atoms with Gasteiger partial charge in [-0.05, 0) is 38.8 Å². The molecule has 0 saturated carbocycles. The largest absolute Gasteiger partial charge is 0.361 e. The lowest BCUT2D eigenvalue weighted by molar-refractivity contribution is 0.0953. The van der Waals surface area contributed by atoms with E-state index in [2.05, 4.69) is 10.5 Å². The maximum atomic E-state index is 12.0. The van der Waals surface area contributed by atoms with Gasteiger partial charge in [-0.1, -0.05) is 23.4 Å². The Morgan fingerprint density at radius 3 is 2.63 bits per heavy atom. The summed E-state index contributed by atoms with van der Waals surface area (Å²) in [6, 6.07) is 7.57. The van der Waals surface area contributed by atoms with Crippen LogP contribution < -0.4 is 5.32 Å². The van der Waals surface area contributed by atoms with Gasteiger partial charge in [-0.25, -0.2) is 0 Å². The topological polar surface area (TPSA) is 55.1 Å². The molecule has 0 radical (unpaired) electrons. The van der Waals surface area contributed by atoms with Gasteiger partial charge in [0.1, 0.15) is 5.76 Å². The second-order valence-electron chi connectivity index (χ2n) is 4.62. The molecule has 0 aliphatic heterocycles. The number of hydrogen-bond donors (Lipinski definition) is 1. The summed E-state index contributed by atoms with van der Waals surface area (Å²) >= 11 is 0. The summed E-state index contributed by atoms with van der Waals surface area (Å²) in [7, 11) is 0. The van der Waals surface area contributed by atoms with Crippen LogP contribution in [0.5, 0.6) is 0 Å². The molecule has 0 aliphatic carbocycles. The zero-order valence-electron chi connectivity index (χ0n) is 11.5. The Labute approximate surface area is 112 Å². The Balaban J connectivity index is 1.93. The van der Waals surface area contributed by atoms with Crippen molar-refractivity contribution >= 4 is 5.91 Å². The van der Waals surface area contributed by atoms with E-state index in [0.29, 0.717) is 6.54 Å². The van der Waals surface area contributed by atoms with Gasteiger partial charge in [0, 0.05) is 17.7 Å². The van der Waals surface area contributed by atoms with Crippen LogP contribution in [-0.4, -0.2) is 17.6 Å². The molecule has 0 aliphatic rings. The van der Waals surface area contributed by atoms with Crippen LogP contribution in [0.4, 0.5) is 0 Å². The van der Waals surface area contributed by atoms with Crippen molar-refractivity contribution in [3.05, 3.63) is 52.4 Å². The number of benzene rings is 1. The van der Waals surface area contributed by atoms with Gasteiger partial charge in [-0.15, -0.1) is 0 Å². The van der Waals surface area contributed by atoms with Crippen LogP contribution in [-0.2, 0) is 6.42 Å². The standard InChI is InChI=1S/C15H18N2O2/c1-10-6-4-5-7-13(10)15(18)16-9-8-14-11(2)17-19-12(14)3/h4-7H,8-9H2,1-3H3,(H,16,18). The molecule has 0 saturated heterocycles. The number of nitrogens with zero attached hydrogens (tertiary/aromatic N) is 1. The van der Waals surface area contributed by atoms with Crippen molar-refractivity contribution in [1.29, 1.82) is 0 Å². The van der Waals surface area contributed by atoms with E-state index in [1.54, 1.807) is 0 Å². The van der Waals surface area contributed by atoms with Gasteiger partial charge in [0.25, 0.3) is 5.91 Å². The molecule has 2 aromatic rings. The molecule has 1 amide bonds. The van der Waals surface area contributed by atoms with E-state index in [1.165, 1.54) is 0 Å². The van der Waals surface area contributed by atoms with E-state index in [-0.39, 0.29) is 5.91 Å². The van der Waals surface area contributed by atoms with Gasteiger partial charge < -0.3 is 9.84 Å². The average Bonchev–Trinajstić information content (AvgIpc) is 2.70. The fourth-order valence-corrected chi connectivity index (χ4v) is 2.08. The number of carbonyl (C=O) groups is 1. The molecule has 0 atom stereocenters. The van der Waals surface area contributed by atoms with Crippen molar-refractivity contribution < 1.29 is 9.32 Å². The fraction of sp³-hybridized carbons (Fsp3) is 0.333. The molecule has 19 heavy (non-hydrogen) atoms. The lowest BCUT2D eigenvalue weighted by atomic mass is 10.1. The summed E-state index contributed by atoms with van der Waals surface area (Å²) in [6.07, 6.45) is 0.735. The van der Waals surface area contributed by atoms with Crippen LogP contribution in [0.25, 0.3) is 0 Å². The highest BCUT2D eigenvalue weighted by atomic mass is 16.5. The zero-order valence-corrected chi connectivity index (χ0v) is 11.5. The zero-order chi connectivity index (χ0) is 13.8. The second-order valence-corrected chi connectivity index (χ2v) is 4.62. The lowest BCUT2D eigenvalue weighted by Crippen LogP contribution is -2.26. The van der Waals surface area contributed by atoms with Crippen LogP contribution >= 0.6 is 0 Å². The molecule has 0 bridgehead atoms. The van der Waals surface area contributed by atoms with Crippen LogP contribution in [0, 0.1) is 20.8 Å². The van der Waals surface area contributed by atoms with Gasteiger partial charge in [0.15, 0.2) is 0 Å². The van der Waals surface area contributed by atoms with Crippen LogP contribution in [0.3, 0.4) is 0 Å². The molecule has 1 N–H and O–H groups in total. The minimum Gasteiger partial charge on any atom is -0.361 e. The number of amides is 1. The second kappa shape index (κ2) is 5.69. The highest BCUT2D eigenvalue weighted by molar-refractivity contribution is 5.95. The third kappa shape index (κ3) is 3.02. The average molecular weight is 258 g/mol. The molecule has 1 aromatic heterocycles. The Morgan fingerprint density at radius 1 is 1.26 bits per heavy atom. The van der Waals surface area contributed by atoms with Crippen LogP contribution in [0.15, 0.2) is 28.8 Å². The Bertz CT molecular complexity index is 568. The lowest BCUT2D eigenvalue weighted by Gasteiger charge is -2.07. The number of aromatic nitrogens is 1. The maximum absolute atomic E-state index is 12.0. The highest BCUT2D eigenvalue weighted by Crippen LogP contribution is 2.12. The van der Waals surface area contributed by atoms with Gasteiger partial charge in [0.05, 0.1) is 5.69 Å². The quantitative estimate of drug-likeness (QED) is 0.917. The summed E-state index contributed by atoms with van der Waals surface area (Å²) in [5.41, 5.74) is 3.67. The van der Waals surface area contributed by atoms with E-state index < -0.39 is 0 Å². The number of hydrogen-bond acceptors (Lipinski definition) is 3. The minimum atomic E-state index is -0.0372. The van der Waals surface area contributed by atoms with Crippen molar-refractivity contribution in [1.82, 2.24) is 10.5 Å². The molecule has 4 nitrogen and oxygen atoms in total. The third-order valence-corrected chi connectivity index (χ3v) is 3.23. The minimum absolute atomic E-state index is 0.0372. The van der Waals surface area contributed by atoms with Gasteiger partial charge in [0.2, 0.25) is 0 Å². The van der Waals surface area contributed by atoms with E-state index in [0.717, 1.165) is 34.6 Å². The Morgan fingerprint density at radius 2 is 2.00 bits per heavy atom. The molecule has 100 valence electrons. The van der Waals surface area contributed by atoms with Crippen molar-refractivity contribution in [2.24, 2.45) is 0 Å². The summed E-state index contributed by atoms with van der Waals surface area (Å²) < 4.78 is 5.09. The molecule has 0 spiro atoms. The molecular formula is C15H18N2O2. The molecule has 4 heteroatoms. The normalized spacial score (nSPS) is 10.5. The monoisotopic (exact) mass is 258 g/mol. The molecule has 1 heterocycles. The van der Waals surface area contributed by atoms with Gasteiger partial charge in [-0.3, -0.25) is 4.79 Å². The molecule has 1 aromatic carbocycles. The summed E-state index contributed by atoms with van der Waals surface area (Å²) in [4.78, 5) is 12.0. The first-order chi connectivity index (χ1) is 9.09. The van der Waals surface area contributed by atoms with Gasteiger partial charge >= 0.3 is 0 Å². The maximum Gasteiger partial charge on any atom is 0.251 e. The van der Waals surface area contributed by atoms with Crippen molar-refractivity contribution in [3.63, 3.8) is 0 Å². The predicted octanol–water partition coefficient (Wildman–Crippen LogP) is 2.57. The van der Waals surface area contributed by atoms with E-state index >= 15 is 0 Å². The SMILES string of the molecule is Cc1ccccc1C(=O)NCCc1c(C)noc1C. The molecular weight excluding hydrogens is 240 g/mol. The Kier molecular flexibility index (Phi) is 4.00. The number of rotatable bonds is 4. The first-order valence-electron chi connectivity index (χ1n) is 6.35. The Hall–Kier alpha value is -2.10. The van der Waals surface area contributed by atoms with E-state index in [1.807, 2.05) is 45.0 Å². The fourth-order valence-electron chi connectivity index (χ4n) is 2.08. The highest BCUT2D eigenvalue weighted by Gasteiger charge is 2.10. The number of nitrogens with one attached hydrogen (secondary N) is 1. The summed E-state index contributed by atoms with van der Waals surface area (Å²) in [5, 5.41) is 6.82. The summed E-state index contributed by atoms with van der Waals surface area (Å²) in [6.45, 7) is 6.31. The van der Waals surface area contributed by atoms with Crippen molar-refractivity contribution in [3.8, 4) is 0 Å². The molecule has 0 unspecified atom stereocenters. The predicted molar refractivity (Wildman–Crippen MR) is 73.2 cm³/mol. The first-order valence-corrected chi connectivity index (χ1v) is 6.35. The van der Waals surface area contributed by atoms with Gasteiger partial charge in [-0.2, -0.15) is 0 Å². The van der Waals surface area contributed by atoms with Crippen LogP contribution in [0.2, 0.25) is 0 Å². The van der Waals surface area contributed by atoms with Crippen LogP contribution in [0.1, 0.15) is 32.9 Å². The third-order valence-electron chi connectivity index (χ3n) is 3.23. The van der Waals surface area contributed by atoms with E-state index in [4.69, 9.17) is 4.52 Å². The van der Waals surface area contributed by atoms with Crippen molar-refractivity contribution in [2.45, 2.75) is 27.2 Å². The number of carbonyl (C=O) groups excluding carboxylic acids is 1. The van der Waals surface area contributed by atoms with E-state index in [9.17, 15) is 4.79 Å². The molecule has 2 rings (SSSR count).